The molecular weight excluding hydrogens is 392 g/mol. The van der Waals surface area contributed by atoms with Gasteiger partial charge in [-0.25, -0.2) is 0 Å². The number of esters is 1. The van der Waals surface area contributed by atoms with Crippen molar-refractivity contribution in [3.8, 4) is 17.2 Å². The van der Waals surface area contributed by atoms with Crippen molar-refractivity contribution in [2.24, 2.45) is 0 Å². The molecule has 9 heteroatoms. The van der Waals surface area contributed by atoms with Crippen LogP contribution < -0.4 is 24.8 Å². The molecule has 2 amide bonds. The highest BCUT2D eigenvalue weighted by atomic mass is 16.5. The Morgan fingerprint density at radius 3 is 2.27 bits per heavy atom. The lowest BCUT2D eigenvalue weighted by atomic mass is 10.2. The lowest BCUT2D eigenvalue weighted by Gasteiger charge is -2.11. The monoisotopic (exact) mass is 416 g/mol. The van der Waals surface area contributed by atoms with Gasteiger partial charge in [0.25, 0.3) is 11.8 Å². The Morgan fingerprint density at radius 2 is 1.63 bits per heavy atom. The summed E-state index contributed by atoms with van der Waals surface area (Å²) in [6.45, 7) is 1.53. The number of benzene rings is 2. The highest BCUT2D eigenvalue weighted by molar-refractivity contribution is 5.96. The maximum Gasteiger partial charge on any atom is 0.325 e. The largest absolute Gasteiger partial charge is 0.494 e. The number of carbonyl (C=O) groups is 3. The SMILES string of the molecule is CCOc1ccc(C(=O)NCC(=O)OCC(=O)Nc2ccc(OC)c(OC)c2)cc1. The van der Waals surface area contributed by atoms with Gasteiger partial charge in [-0.05, 0) is 43.3 Å². The Balaban J connectivity index is 1.76. The third kappa shape index (κ3) is 6.69. The molecule has 2 N–H and O–H groups in total. The Bertz CT molecular complexity index is 881. The molecule has 0 atom stereocenters. The third-order valence-electron chi connectivity index (χ3n) is 3.85. The number of nitrogens with one attached hydrogen (secondary N) is 2. The first-order chi connectivity index (χ1) is 14.5. The van der Waals surface area contributed by atoms with Crippen molar-refractivity contribution >= 4 is 23.5 Å². The van der Waals surface area contributed by atoms with E-state index in [1.165, 1.54) is 14.2 Å². The predicted octanol–water partition coefficient (Wildman–Crippen LogP) is 2.01. The second-order valence-electron chi connectivity index (χ2n) is 5.92. The molecule has 0 heterocycles. The van der Waals surface area contributed by atoms with Gasteiger partial charge in [-0.15, -0.1) is 0 Å². The van der Waals surface area contributed by atoms with Gasteiger partial charge in [-0.1, -0.05) is 0 Å². The molecule has 0 radical (unpaired) electrons. The average molecular weight is 416 g/mol. The Kier molecular flexibility index (Phi) is 8.49. The van der Waals surface area contributed by atoms with E-state index >= 15 is 0 Å². The van der Waals surface area contributed by atoms with E-state index in [0.29, 0.717) is 35.1 Å². The van der Waals surface area contributed by atoms with Gasteiger partial charge in [0.2, 0.25) is 0 Å². The molecule has 0 unspecified atom stereocenters. The molecule has 0 aromatic heterocycles. The van der Waals surface area contributed by atoms with Crippen molar-refractivity contribution in [3.63, 3.8) is 0 Å². The van der Waals surface area contributed by atoms with Crippen LogP contribution in [0.5, 0.6) is 17.2 Å². The predicted molar refractivity (Wildman–Crippen MR) is 109 cm³/mol. The molecule has 2 aromatic rings. The molecule has 0 saturated heterocycles. The summed E-state index contributed by atoms with van der Waals surface area (Å²) in [5, 5.41) is 5.01. The number of ether oxygens (including phenoxy) is 4. The highest BCUT2D eigenvalue weighted by Crippen LogP contribution is 2.29. The normalized spacial score (nSPS) is 9.97. The Morgan fingerprint density at radius 1 is 0.933 bits per heavy atom. The van der Waals surface area contributed by atoms with Crippen LogP contribution in [0, 0.1) is 0 Å². The minimum absolute atomic E-state index is 0.365. The smallest absolute Gasteiger partial charge is 0.325 e. The molecule has 0 aliphatic carbocycles. The number of carbonyl (C=O) groups excluding carboxylic acids is 3. The van der Waals surface area contributed by atoms with Crippen LogP contribution in [0.15, 0.2) is 42.5 Å². The first-order valence-electron chi connectivity index (χ1n) is 9.15. The van der Waals surface area contributed by atoms with Gasteiger partial charge >= 0.3 is 5.97 Å². The van der Waals surface area contributed by atoms with Crippen molar-refractivity contribution in [1.29, 1.82) is 0 Å². The van der Waals surface area contributed by atoms with Gasteiger partial charge < -0.3 is 29.6 Å². The van der Waals surface area contributed by atoms with Crippen molar-refractivity contribution < 1.29 is 33.3 Å². The maximum atomic E-state index is 12.0. The maximum absolute atomic E-state index is 12.0. The van der Waals surface area contributed by atoms with E-state index in [1.54, 1.807) is 42.5 Å². The molecule has 2 rings (SSSR count). The molecule has 0 fully saturated rings. The zero-order chi connectivity index (χ0) is 21.9. The van der Waals surface area contributed by atoms with Gasteiger partial charge in [0.05, 0.1) is 20.8 Å². The van der Waals surface area contributed by atoms with Crippen LogP contribution in [-0.2, 0) is 14.3 Å². The summed E-state index contributed by atoms with van der Waals surface area (Å²) in [5.74, 6) is -0.0987. The summed E-state index contributed by atoms with van der Waals surface area (Å²) in [6, 6.07) is 11.3. The number of hydrogen-bond donors (Lipinski definition) is 2. The van der Waals surface area contributed by atoms with E-state index in [4.69, 9.17) is 18.9 Å². The second-order valence-corrected chi connectivity index (χ2v) is 5.92. The molecule has 0 spiro atoms. The van der Waals surface area contributed by atoms with Crippen molar-refractivity contribution in [2.75, 3.05) is 39.3 Å². The standard InChI is InChI=1S/C21H24N2O7/c1-4-29-16-8-5-14(6-9-16)21(26)22-12-20(25)30-13-19(24)23-15-7-10-17(27-2)18(11-15)28-3/h5-11H,4,12-13H2,1-3H3,(H,22,26)(H,23,24). The topological polar surface area (TPSA) is 112 Å². The summed E-state index contributed by atoms with van der Waals surface area (Å²) < 4.78 is 20.5. The molecule has 2 aromatic carbocycles. The van der Waals surface area contributed by atoms with E-state index in [1.807, 2.05) is 6.92 Å². The fourth-order valence-corrected chi connectivity index (χ4v) is 2.43. The summed E-state index contributed by atoms with van der Waals surface area (Å²) in [6.07, 6.45) is 0. The molecule has 0 saturated carbocycles. The van der Waals surface area contributed by atoms with Crippen molar-refractivity contribution in [1.82, 2.24) is 5.32 Å². The minimum atomic E-state index is -0.739. The lowest BCUT2D eigenvalue weighted by Crippen LogP contribution is -2.32. The number of rotatable bonds is 10. The van der Waals surface area contributed by atoms with Crippen LogP contribution in [0.1, 0.15) is 17.3 Å². The molecule has 30 heavy (non-hydrogen) atoms. The summed E-state index contributed by atoms with van der Waals surface area (Å²) in [5.41, 5.74) is 0.829. The number of methoxy groups -OCH3 is 2. The number of hydrogen-bond acceptors (Lipinski definition) is 7. The van der Waals surface area contributed by atoms with Gasteiger partial charge in [0, 0.05) is 17.3 Å². The summed E-state index contributed by atoms with van der Waals surface area (Å²) in [7, 11) is 2.98. The zero-order valence-electron chi connectivity index (χ0n) is 17.0. The Labute approximate surface area is 174 Å². The van der Waals surface area contributed by atoms with Crippen LogP contribution in [-0.4, -0.2) is 51.8 Å². The van der Waals surface area contributed by atoms with Crippen LogP contribution >= 0.6 is 0 Å². The fraction of sp³-hybridized carbons (Fsp3) is 0.286. The average Bonchev–Trinajstić information content (AvgIpc) is 2.76. The first kappa shape index (κ1) is 22.5. The lowest BCUT2D eigenvalue weighted by molar-refractivity contribution is -0.146. The van der Waals surface area contributed by atoms with Gasteiger partial charge in [0.1, 0.15) is 12.3 Å². The molecule has 0 aliphatic heterocycles. The second kappa shape index (κ2) is 11.3. The van der Waals surface area contributed by atoms with Crippen molar-refractivity contribution in [2.45, 2.75) is 6.92 Å². The number of anilines is 1. The molecule has 160 valence electrons. The van der Waals surface area contributed by atoms with Crippen LogP contribution in [0.4, 0.5) is 5.69 Å². The molecule has 0 bridgehead atoms. The van der Waals surface area contributed by atoms with Gasteiger partial charge in [-0.3, -0.25) is 14.4 Å². The van der Waals surface area contributed by atoms with Gasteiger partial charge in [0.15, 0.2) is 18.1 Å². The van der Waals surface area contributed by atoms with E-state index in [0.717, 1.165) is 0 Å². The van der Waals surface area contributed by atoms with Crippen LogP contribution in [0.25, 0.3) is 0 Å². The van der Waals surface area contributed by atoms with Crippen LogP contribution in [0.3, 0.4) is 0 Å². The van der Waals surface area contributed by atoms with E-state index in [9.17, 15) is 14.4 Å². The van der Waals surface area contributed by atoms with Gasteiger partial charge in [-0.2, -0.15) is 0 Å². The minimum Gasteiger partial charge on any atom is -0.494 e. The van der Waals surface area contributed by atoms with E-state index in [-0.39, 0.29) is 6.54 Å². The molecular formula is C21H24N2O7. The van der Waals surface area contributed by atoms with E-state index in [2.05, 4.69) is 10.6 Å². The summed E-state index contributed by atoms with van der Waals surface area (Å²) >= 11 is 0. The van der Waals surface area contributed by atoms with E-state index < -0.39 is 24.4 Å². The first-order valence-corrected chi connectivity index (χ1v) is 9.15. The number of amides is 2. The highest BCUT2D eigenvalue weighted by Gasteiger charge is 2.12. The quantitative estimate of drug-likeness (QED) is 0.570. The zero-order valence-corrected chi connectivity index (χ0v) is 17.0. The van der Waals surface area contributed by atoms with Crippen LogP contribution in [0.2, 0.25) is 0 Å². The fourth-order valence-electron chi connectivity index (χ4n) is 2.43. The summed E-state index contributed by atoms with van der Waals surface area (Å²) in [4.78, 5) is 35.8. The molecule has 9 nitrogen and oxygen atoms in total. The Hall–Kier alpha value is -3.75. The molecule has 0 aliphatic rings. The van der Waals surface area contributed by atoms with Crippen molar-refractivity contribution in [3.05, 3.63) is 48.0 Å². The third-order valence-corrected chi connectivity index (χ3v) is 3.85.